The molecule has 8 nitrogen and oxygen atoms in total. The van der Waals surface area contributed by atoms with Crippen LogP contribution in [-0.4, -0.2) is 13.3 Å². The molecule has 0 atom stereocenters. The summed E-state index contributed by atoms with van der Waals surface area (Å²) < 4.78 is 26.8. The van der Waals surface area contributed by atoms with Gasteiger partial charge in [0.1, 0.15) is 4.90 Å². The Morgan fingerprint density at radius 3 is 2.48 bits per heavy atom. The molecule has 4 N–H and O–H groups in total. The summed E-state index contributed by atoms with van der Waals surface area (Å²) in [5.41, 5.74) is 2.39. The summed E-state index contributed by atoms with van der Waals surface area (Å²) in [7, 11) is -3.91. The lowest BCUT2D eigenvalue weighted by molar-refractivity contribution is -0.384. The van der Waals surface area contributed by atoms with Gasteiger partial charge in [-0.25, -0.2) is 8.42 Å². The molecule has 0 heterocycles. The molecule has 110 valence electrons. The summed E-state index contributed by atoms with van der Waals surface area (Å²) in [6.45, 7) is 0. The van der Waals surface area contributed by atoms with Crippen molar-refractivity contribution in [3.8, 4) is 0 Å². The molecule has 0 saturated heterocycles. The monoisotopic (exact) mass is 308 g/mol. The molecule has 0 aliphatic rings. The maximum Gasteiger partial charge on any atom is 0.271 e. The van der Waals surface area contributed by atoms with Crippen molar-refractivity contribution in [3.05, 3.63) is 58.6 Å². The second-order valence-electron chi connectivity index (χ2n) is 4.05. The van der Waals surface area contributed by atoms with Crippen LogP contribution in [0.4, 0.5) is 17.1 Å². The first kappa shape index (κ1) is 14.8. The van der Waals surface area contributed by atoms with Gasteiger partial charge in [-0.05, 0) is 18.2 Å². The molecule has 2 rings (SSSR count). The quantitative estimate of drug-likeness (QED) is 0.438. The van der Waals surface area contributed by atoms with Crippen molar-refractivity contribution in [2.75, 3.05) is 10.1 Å². The summed E-state index contributed by atoms with van der Waals surface area (Å²) in [6.07, 6.45) is 0. The van der Waals surface area contributed by atoms with E-state index in [0.29, 0.717) is 0 Å². The van der Waals surface area contributed by atoms with Crippen LogP contribution in [0.15, 0.2) is 53.4 Å². The van der Waals surface area contributed by atoms with Gasteiger partial charge in [0.25, 0.3) is 15.7 Å². The number of rotatable bonds is 5. The first-order valence-electron chi connectivity index (χ1n) is 5.77. The van der Waals surface area contributed by atoms with E-state index in [0.717, 1.165) is 6.07 Å². The molecule has 2 aromatic carbocycles. The van der Waals surface area contributed by atoms with Crippen molar-refractivity contribution in [3.63, 3.8) is 0 Å². The largest absolute Gasteiger partial charge is 0.323 e. The number of nitro groups is 1. The number of anilines is 2. The zero-order valence-electron chi connectivity index (χ0n) is 10.7. The van der Waals surface area contributed by atoms with Crippen LogP contribution in [0.2, 0.25) is 0 Å². The van der Waals surface area contributed by atoms with Crippen molar-refractivity contribution < 1.29 is 13.3 Å². The Morgan fingerprint density at radius 2 is 1.81 bits per heavy atom. The molecule has 0 saturated carbocycles. The number of nitrogens with zero attached hydrogens (tertiary/aromatic N) is 1. The summed E-state index contributed by atoms with van der Waals surface area (Å²) in [4.78, 5) is 10.0. The molecule has 0 aromatic heterocycles. The predicted octanol–water partition coefficient (Wildman–Crippen LogP) is 1.68. The zero-order valence-corrected chi connectivity index (χ0v) is 11.5. The van der Waals surface area contributed by atoms with Gasteiger partial charge in [0.15, 0.2) is 0 Å². The third-order valence-corrected chi connectivity index (χ3v) is 4.08. The molecular formula is C12H12N4O4S. The number of nitro benzene ring substituents is 1. The standard InChI is InChI=1S/C12H12N4O4S/c13-14-11-6-1-2-7-12(11)21(19,20)15-9-4-3-5-10(8-9)16(17)18/h1-8,14-15H,13H2. The van der Waals surface area contributed by atoms with Crippen LogP contribution >= 0.6 is 0 Å². The highest BCUT2D eigenvalue weighted by atomic mass is 32.2. The van der Waals surface area contributed by atoms with Crippen LogP contribution in [0.3, 0.4) is 0 Å². The molecule has 0 aliphatic carbocycles. The molecule has 21 heavy (non-hydrogen) atoms. The van der Waals surface area contributed by atoms with E-state index >= 15 is 0 Å². The third-order valence-electron chi connectivity index (χ3n) is 2.64. The number of hydrogen-bond acceptors (Lipinski definition) is 6. The lowest BCUT2D eigenvalue weighted by Gasteiger charge is -2.11. The summed E-state index contributed by atoms with van der Waals surface area (Å²) >= 11 is 0. The SMILES string of the molecule is NNc1ccccc1S(=O)(=O)Nc1cccc([N+](=O)[O-])c1. The van der Waals surface area contributed by atoms with Gasteiger partial charge >= 0.3 is 0 Å². The second kappa shape index (κ2) is 5.77. The average molecular weight is 308 g/mol. The Morgan fingerprint density at radius 1 is 1.10 bits per heavy atom. The van der Waals surface area contributed by atoms with Gasteiger partial charge in [-0.2, -0.15) is 0 Å². The molecule has 0 fully saturated rings. The molecular weight excluding hydrogens is 296 g/mol. The van der Waals surface area contributed by atoms with Crippen LogP contribution < -0.4 is 16.0 Å². The molecule has 0 spiro atoms. The number of non-ortho nitro benzene ring substituents is 1. The Bertz CT molecular complexity index is 776. The average Bonchev–Trinajstić information content (AvgIpc) is 2.47. The molecule has 0 radical (unpaired) electrons. The lowest BCUT2D eigenvalue weighted by atomic mass is 10.3. The van der Waals surface area contributed by atoms with E-state index in [2.05, 4.69) is 10.1 Å². The van der Waals surface area contributed by atoms with Gasteiger partial charge in [0, 0.05) is 12.1 Å². The number of para-hydroxylation sites is 1. The highest BCUT2D eigenvalue weighted by molar-refractivity contribution is 7.92. The topological polar surface area (TPSA) is 127 Å². The highest BCUT2D eigenvalue weighted by Gasteiger charge is 2.19. The van der Waals surface area contributed by atoms with Gasteiger partial charge in [-0.1, -0.05) is 18.2 Å². The molecule has 9 heteroatoms. The fraction of sp³-hybridized carbons (Fsp3) is 0. The summed E-state index contributed by atoms with van der Waals surface area (Å²) in [5.74, 6) is 5.27. The van der Waals surface area contributed by atoms with Crippen LogP contribution in [-0.2, 0) is 10.0 Å². The van der Waals surface area contributed by atoms with E-state index in [4.69, 9.17) is 5.84 Å². The highest BCUT2D eigenvalue weighted by Crippen LogP contribution is 2.24. The number of hydrogen-bond donors (Lipinski definition) is 3. The van der Waals surface area contributed by atoms with Gasteiger partial charge in [0.2, 0.25) is 0 Å². The normalized spacial score (nSPS) is 10.9. The first-order chi connectivity index (χ1) is 9.94. The number of benzene rings is 2. The minimum absolute atomic E-state index is 0.0565. The first-order valence-corrected chi connectivity index (χ1v) is 7.25. The number of nitrogens with one attached hydrogen (secondary N) is 2. The van der Waals surface area contributed by atoms with Crippen molar-refractivity contribution in [2.45, 2.75) is 4.90 Å². The Hall–Kier alpha value is -2.65. The Labute approximate surface area is 120 Å². The molecule has 2 aromatic rings. The smallest absolute Gasteiger partial charge is 0.271 e. The van der Waals surface area contributed by atoms with E-state index in [9.17, 15) is 18.5 Å². The maximum atomic E-state index is 12.3. The van der Waals surface area contributed by atoms with Crippen LogP contribution in [0, 0.1) is 10.1 Å². The van der Waals surface area contributed by atoms with Crippen molar-refractivity contribution in [2.24, 2.45) is 5.84 Å². The fourth-order valence-electron chi connectivity index (χ4n) is 1.71. The zero-order chi connectivity index (χ0) is 15.5. The van der Waals surface area contributed by atoms with E-state index in [1.54, 1.807) is 12.1 Å². The molecule has 0 amide bonds. The van der Waals surface area contributed by atoms with Crippen LogP contribution in [0.25, 0.3) is 0 Å². The third kappa shape index (κ3) is 3.27. The molecule has 0 aliphatic heterocycles. The second-order valence-corrected chi connectivity index (χ2v) is 5.70. The Balaban J connectivity index is 2.38. The molecule has 0 unspecified atom stereocenters. The van der Waals surface area contributed by atoms with E-state index in [1.165, 1.54) is 30.3 Å². The van der Waals surface area contributed by atoms with Crippen molar-refractivity contribution >= 4 is 27.1 Å². The number of nitrogens with two attached hydrogens (primary N) is 1. The molecule has 0 bridgehead atoms. The predicted molar refractivity (Wildman–Crippen MR) is 78.2 cm³/mol. The van der Waals surface area contributed by atoms with Gasteiger partial charge in [0.05, 0.1) is 16.3 Å². The number of sulfonamides is 1. The number of nitrogen functional groups attached to an aromatic ring is 1. The minimum Gasteiger partial charge on any atom is -0.323 e. The van der Waals surface area contributed by atoms with E-state index < -0.39 is 14.9 Å². The summed E-state index contributed by atoms with van der Waals surface area (Å²) in [5, 5.41) is 10.7. The van der Waals surface area contributed by atoms with Gasteiger partial charge < -0.3 is 5.43 Å². The van der Waals surface area contributed by atoms with Crippen LogP contribution in [0.1, 0.15) is 0 Å². The lowest BCUT2D eigenvalue weighted by Crippen LogP contribution is -2.17. The van der Waals surface area contributed by atoms with Crippen molar-refractivity contribution in [1.29, 1.82) is 0 Å². The van der Waals surface area contributed by atoms with Gasteiger partial charge in [-0.15, -0.1) is 0 Å². The van der Waals surface area contributed by atoms with Crippen molar-refractivity contribution in [1.82, 2.24) is 0 Å². The fourth-order valence-corrected chi connectivity index (χ4v) is 2.93. The van der Waals surface area contributed by atoms with Gasteiger partial charge in [-0.3, -0.25) is 20.7 Å². The van der Waals surface area contributed by atoms with E-state index in [1.807, 2.05) is 0 Å². The summed E-state index contributed by atoms with van der Waals surface area (Å²) in [6, 6.07) is 11.3. The number of hydrazine groups is 1. The maximum absolute atomic E-state index is 12.3. The minimum atomic E-state index is -3.91. The van der Waals surface area contributed by atoms with Crippen LogP contribution in [0.5, 0.6) is 0 Å². The van der Waals surface area contributed by atoms with E-state index in [-0.39, 0.29) is 22.0 Å². The Kier molecular flexibility index (Phi) is 4.05.